The highest BCUT2D eigenvalue weighted by Gasteiger charge is 2.37. The largest absolute Gasteiger partial charge is 0.486 e. The average Bonchev–Trinajstić information content (AvgIpc) is 3.56. The van der Waals surface area contributed by atoms with Gasteiger partial charge in [0.15, 0.2) is 16.7 Å². The Hall–Kier alpha value is -2.94. The number of hydrogen-bond donors (Lipinski definition) is 1. The van der Waals surface area contributed by atoms with E-state index in [-0.39, 0.29) is 17.2 Å². The van der Waals surface area contributed by atoms with E-state index in [1.165, 1.54) is 11.8 Å². The third kappa shape index (κ3) is 4.27. The summed E-state index contributed by atoms with van der Waals surface area (Å²) in [5, 5.41) is 12.1. The average molecular weight is 441 g/mol. The van der Waals surface area contributed by atoms with Crippen LogP contribution in [-0.2, 0) is 16.9 Å². The lowest BCUT2D eigenvalue weighted by Crippen LogP contribution is -2.44. The number of thioether (sulfide) groups is 1. The fourth-order valence-corrected chi connectivity index (χ4v) is 4.99. The maximum Gasteiger partial charge on any atom is 0.231 e. The van der Waals surface area contributed by atoms with Gasteiger partial charge in [-0.05, 0) is 42.7 Å². The summed E-state index contributed by atoms with van der Waals surface area (Å²) < 4.78 is 18.7. The predicted octanol–water partition coefficient (Wildman–Crippen LogP) is 3.37. The van der Waals surface area contributed by atoms with Gasteiger partial charge < -0.3 is 23.8 Å². The summed E-state index contributed by atoms with van der Waals surface area (Å²) in [4.78, 5) is 12.9. The van der Waals surface area contributed by atoms with Crippen molar-refractivity contribution < 1.29 is 18.7 Å². The molecule has 0 unspecified atom stereocenters. The lowest BCUT2D eigenvalue weighted by atomic mass is 9.87. The summed E-state index contributed by atoms with van der Waals surface area (Å²) in [5.41, 5.74) is 0.712. The van der Waals surface area contributed by atoms with Gasteiger partial charge in [-0.2, -0.15) is 0 Å². The Morgan fingerprint density at radius 2 is 2.00 bits per heavy atom. The van der Waals surface area contributed by atoms with Gasteiger partial charge in [0.2, 0.25) is 5.91 Å². The molecule has 1 fully saturated rings. The normalized spacial score (nSPS) is 16.9. The number of aromatic nitrogens is 3. The molecule has 3 heterocycles. The SMILES string of the molecule is O=C(CSc1nncn1Cc1ccco1)NC1(c2ccc3c(c2)OCCO3)CCCC1. The fraction of sp³-hybridized carbons (Fsp3) is 0.409. The van der Waals surface area contributed by atoms with Gasteiger partial charge in [0.05, 0.1) is 24.1 Å². The first-order valence-electron chi connectivity index (χ1n) is 10.5. The van der Waals surface area contributed by atoms with Crippen LogP contribution >= 0.6 is 11.8 Å². The summed E-state index contributed by atoms with van der Waals surface area (Å²) in [7, 11) is 0. The molecule has 162 valence electrons. The van der Waals surface area contributed by atoms with Crippen molar-refractivity contribution >= 4 is 17.7 Å². The monoisotopic (exact) mass is 440 g/mol. The number of benzene rings is 1. The Bertz CT molecular complexity index is 1040. The molecule has 3 aromatic rings. The second-order valence-electron chi connectivity index (χ2n) is 7.81. The minimum Gasteiger partial charge on any atom is -0.486 e. The van der Waals surface area contributed by atoms with E-state index in [9.17, 15) is 4.79 Å². The van der Waals surface area contributed by atoms with Crippen LogP contribution in [0.1, 0.15) is 37.0 Å². The number of hydrogen-bond acceptors (Lipinski definition) is 7. The predicted molar refractivity (Wildman–Crippen MR) is 114 cm³/mol. The van der Waals surface area contributed by atoms with Crippen molar-refractivity contribution in [2.75, 3.05) is 19.0 Å². The lowest BCUT2D eigenvalue weighted by molar-refractivity contribution is -0.120. The third-order valence-electron chi connectivity index (χ3n) is 5.75. The number of ether oxygens (including phenoxy) is 2. The molecular weight excluding hydrogens is 416 g/mol. The van der Waals surface area contributed by atoms with Crippen LogP contribution in [0.4, 0.5) is 0 Å². The van der Waals surface area contributed by atoms with E-state index in [0.717, 1.165) is 48.5 Å². The van der Waals surface area contributed by atoms with Gasteiger partial charge in [0.1, 0.15) is 25.3 Å². The van der Waals surface area contributed by atoms with Gasteiger partial charge in [-0.3, -0.25) is 4.79 Å². The number of nitrogens with one attached hydrogen (secondary N) is 1. The van der Waals surface area contributed by atoms with E-state index in [1.54, 1.807) is 12.6 Å². The summed E-state index contributed by atoms with van der Waals surface area (Å²) in [6.07, 6.45) is 7.28. The molecule has 31 heavy (non-hydrogen) atoms. The molecular formula is C22H24N4O4S. The Morgan fingerprint density at radius 3 is 2.81 bits per heavy atom. The van der Waals surface area contributed by atoms with Crippen LogP contribution < -0.4 is 14.8 Å². The van der Waals surface area contributed by atoms with Crippen LogP contribution in [0.3, 0.4) is 0 Å². The number of fused-ring (bicyclic) bond motifs is 1. The van der Waals surface area contributed by atoms with E-state index in [1.807, 2.05) is 34.9 Å². The molecule has 0 bridgehead atoms. The van der Waals surface area contributed by atoms with E-state index in [2.05, 4.69) is 15.5 Å². The van der Waals surface area contributed by atoms with Crippen LogP contribution in [0.2, 0.25) is 0 Å². The number of rotatable bonds is 7. The molecule has 2 aromatic heterocycles. The number of nitrogens with zero attached hydrogens (tertiary/aromatic N) is 3. The zero-order valence-electron chi connectivity index (χ0n) is 17.1. The Morgan fingerprint density at radius 1 is 1.16 bits per heavy atom. The van der Waals surface area contributed by atoms with Gasteiger partial charge in [-0.1, -0.05) is 30.7 Å². The van der Waals surface area contributed by atoms with Gasteiger partial charge in [-0.25, -0.2) is 0 Å². The van der Waals surface area contributed by atoms with E-state index in [4.69, 9.17) is 13.9 Å². The second-order valence-corrected chi connectivity index (χ2v) is 8.75. The highest BCUT2D eigenvalue weighted by atomic mass is 32.2. The van der Waals surface area contributed by atoms with Crippen molar-refractivity contribution in [1.82, 2.24) is 20.1 Å². The molecule has 1 saturated carbocycles. The topological polar surface area (TPSA) is 91.4 Å². The lowest BCUT2D eigenvalue weighted by Gasteiger charge is -2.32. The summed E-state index contributed by atoms with van der Waals surface area (Å²) in [6, 6.07) is 9.76. The van der Waals surface area contributed by atoms with Crippen molar-refractivity contribution in [2.24, 2.45) is 0 Å². The minimum atomic E-state index is -0.366. The van der Waals surface area contributed by atoms with Crippen LogP contribution in [0.5, 0.6) is 11.5 Å². The molecule has 5 rings (SSSR count). The molecule has 9 heteroatoms. The number of carbonyl (C=O) groups is 1. The number of carbonyl (C=O) groups excluding carboxylic acids is 1. The molecule has 0 spiro atoms. The van der Waals surface area contributed by atoms with Gasteiger partial charge in [-0.15, -0.1) is 10.2 Å². The highest BCUT2D eigenvalue weighted by molar-refractivity contribution is 7.99. The molecule has 8 nitrogen and oxygen atoms in total. The summed E-state index contributed by atoms with van der Waals surface area (Å²) >= 11 is 1.37. The summed E-state index contributed by atoms with van der Waals surface area (Å²) in [6.45, 7) is 1.65. The Balaban J connectivity index is 1.26. The Kier molecular flexibility index (Phi) is 5.59. The molecule has 0 saturated heterocycles. The Labute approximate surface area is 184 Å². The maximum absolute atomic E-state index is 12.9. The molecule has 1 aliphatic carbocycles. The molecule has 1 aliphatic heterocycles. The molecule has 1 amide bonds. The van der Waals surface area contributed by atoms with Crippen molar-refractivity contribution in [2.45, 2.75) is 42.9 Å². The maximum atomic E-state index is 12.9. The van der Waals surface area contributed by atoms with E-state index >= 15 is 0 Å². The highest BCUT2D eigenvalue weighted by Crippen LogP contribution is 2.42. The zero-order chi connectivity index (χ0) is 21.1. The summed E-state index contributed by atoms with van der Waals surface area (Å²) in [5.74, 6) is 2.58. The van der Waals surface area contributed by atoms with Crippen LogP contribution in [0, 0.1) is 0 Å². The zero-order valence-corrected chi connectivity index (χ0v) is 17.9. The third-order valence-corrected chi connectivity index (χ3v) is 6.73. The fourth-order valence-electron chi connectivity index (χ4n) is 4.27. The first-order valence-corrected chi connectivity index (χ1v) is 11.4. The van der Waals surface area contributed by atoms with Crippen LogP contribution in [-0.4, -0.2) is 39.6 Å². The molecule has 0 radical (unpaired) electrons. The van der Waals surface area contributed by atoms with E-state index < -0.39 is 0 Å². The van der Waals surface area contributed by atoms with Crippen molar-refractivity contribution in [3.8, 4) is 11.5 Å². The first kappa shape index (κ1) is 20.0. The quantitative estimate of drug-likeness (QED) is 0.563. The second kappa shape index (κ2) is 8.66. The molecule has 1 N–H and O–H groups in total. The van der Waals surface area contributed by atoms with E-state index in [0.29, 0.717) is 24.9 Å². The number of amides is 1. The molecule has 0 atom stereocenters. The minimum absolute atomic E-state index is 0.0191. The molecule has 1 aromatic carbocycles. The van der Waals surface area contributed by atoms with Crippen LogP contribution in [0.25, 0.3) is 0 Å². The van der Waals surface area contributed by atoms with Gasteiger partial charge in [0, 0.05) is 0 Å². The standard InChI is InChI=1S/C22H24N4O4S/c27-20(14-31-21-25-23-15-26(21)13-17-4-3-9-28-17)24-22(7-1-2-8-22)16-5-6-18-19(12-16)30-11-10-29-18/h3-6,9,12,15H,1-2,7-8,10-11,13-14H2,(H,24,27). The smallest absolute Gasteiger partial charge is 0.231 e. The molecule has 2 aliphatic rings. The van der Waals surface area contributed by atoms with Crippen LogP contribution in [0.15, 0.2) is 52.5 Å². The first-order chi connectivity index (χ1) is 15.2. The van der Waals surface area contributed by atoms with Gasteiger partial charge >= 0.3 is 0 Å². The van der Waals surface area contributed by atoms with Crippen molar-refractivity contribution in [3.63, 3.8) is 0 Å². The van der Waals surface area contributed by atoms with Crippen molar-refractivity contribution in [3.05, 3.63) is 54.2 Å². The van der Waals surface area contributed by atoms with Crippen molar-refractivity contribution in [1.29, 1.82) is 0 Å². The number of furan rings is 1. The van der Waals surface area contributed by atoms with Gasteiger partial charge in [0.25, 0.3) is 0 Å².